The summed E-state index contributed by atoms with van der Waals surface area (Å²) in [4.78, 5) is 19.2. The van der Waals surface area contributed by atoms with E-state index in [0.29, 0.717) is 43.0 Å². The van der Waals surface area contributed by atoms with Crippen LogP contribution in [0.2, 0.25) is 0 Å². The first-order valence-electron chi connectivity index (χ1n) is 11.1. The van der Waals surface area contributed by atoms with E-state index in [1.54, 1.807) is 11.0 Å². The van der Waals surface area contributed by atoms with Crippen molar-refractivity contribution in [3.8, 4) is 17.1 Å². The second-order valence-corrected chi connectivity index (χ2v) is 7.77. The Bertz CT molecular complexity index is 1180. The number of methoxy groups -OCH3 is 1. The van der Waals surface area contributed by atoms with E-state index in [4.69, 9.17) is 14.0 Å². The van der Waals surface area contributed by atoms with Crippen molar-refractivity contribution in [3.63, 3.8) is 0 Å². The van der Waals surface area contributed by atoms with E-state index in [-0.39, 0.29) is 23.5 Å². The van der Waals surface area contributed by atoms with Gasteiger partial charge in [-0.25, -0.2) is 9.18 Å². The van der Waals surface area contributed by atoms with E-state index < -0.39 is 11.9 Å². The topological polar surface area (TPSA) is 89.7 Å². The van der Waals surface area contributed by atoms with Crippen LogP contribution in [0.4, 0.5) is 9.18 Å². The fourth-order valence-electron chi connectivity index (χ4n) is 3.95. The summed E-state index contributed by atoms with van der Waals surface area (Å²) in [6, 6.07) is 13.4. The number of benzene rings is 2. The molecule has 34 heavy (non-hydrogen) atoms. The number of aromatic nitrogens is 2. The summed E-state index contributed by atoms with van der Waals surface area (Å²) in [5.41, 5.74) is 2.74. The molecule has 178 valence electrons. The first-order chi connectivity index (χ1) is 16.5. The van der Waals surface area contributed by atoms with Crippen molar-refractivity contribution in [2.24, 2.45) is 0 Å². The molecule has 4 rings (SSSR count). The number of nitrogens with one attached hydrogen (secondary N) is 1. The van der Waals surface area contributed by atoms with Crippen LogP contribution in [0.5, 0.6) is 5.75 Å². The standard InChI is InChI=1S/C25H27FN4O4/c1-4-33-14-8-13-30-16(2)21(22(27-25(30)31)17-9-6-5-7-10-17)24-28-23(29-34-24)18-11-12-20(32-3)19(26)15-18/h5-7,9-12,15,22H,4,8,13-14H2,1-3H3,(H,27,31). The Hall–Kier alpha value is -3.72. The molecule has 1 aromatic heterocycles. The highest BCUT2D eigenvalue weighted by atomic mass is 19.1. The molecule has 0 fully saturated rings. The van der Waals surface area contributed by atoms with Crippen LogP contribution in [0.25, 0.3) is 17.0 Å². The average Bonchev–Trinajstić information content (AvgIpc) is 3.33. The number of carbonyl (C=O) groups is 1. The zero-order valence-corrected chi connectivity index (χ0v) is 19.4. The largest absolute Gasteiger partial charge is 0.494 e. The Labute approximate surface area is 197 Å². The van der Waals surface area contributed by atoms with Gasteiger partial charge in [0.2, 0.25) is 5.82 Å². The van der Waals surface area contributed by atoms with Crippen LogP contribution in [0.1, 0.15) is 37.8 Å². The summed E-state index contributed by atoms with van der Waals surface area (Å²) in [5.74, 6) is 0.109. The van der Waals surface area contributed by atoms with Gasteiger partial charge in [0.1, 0.15) is 0 Å². The third-order valence-corrected chi connectivity index (χ3v) is 5.67. The molecular weight excluding hydrogens is 439 g/mol. The van der Waals surface area contributed by atoms with Gasteiger partial charge in [0, 0.05) is 31.0 Å². The normalized spacial score (nSPS) is 16.1. The molecule has 9 heteroatoms. The summed E-state index contributed by atoms with van der Waals surface area (Å²) in [6.07, 6.45) is 0.683. The van der Waals surface area contributed by atoms with E-state index >= 15 is 0 Å². The van der Waals surface area contributed by atoms with Crippen molar-refractivity contribution in [2.75, 3.05) is 26.9 Å². The fourth-order valence-corrected chi connectivity index (χ4v) is 3.95. The van der Waals surface area contributed by atoms with Crippen LogP contribution >= 0.6 is 0 Å². The highest BCUT2D eigenvalue weighted by molar-refractivity contribution is 5.86. The number of ether oxygens (including phenoxy) is 2. The van der Waals surface area contributed by atoms with Gasteiger partial charge < -0.3 is 19.3 Å². The van der Waals surface area contributed by atoms with Gasteiger partial charge in [-0.2, -0.15) is 4.98 Å². The van der Waals surface area contributed by atoms with Crippen molar-refractivity contribution in [1.29, 1.82) is 0 Å². The van der Waals surface area contributed by atoms with Crippen LogP contribution < -0.4 is 10.1 Å². The molecule has 2 amide bonds. The molecule has 0 spiro atoms. The Morgan fingerprint density at radius 1 is 1.21 bits per heavy atom. The number of amides is 2. The third kappa shape index (κ3) is 4.79. The number of rotatable bonds is 9. The molecule has 0 bridgehead atoms. The predicted octanol–water partition coefficient (Wildman–Crippen LogP) is 4.81. The fraction of sp³-hybridized carbons (Fsp3) is 0.320. The summed E-state index contributed by atoms with van der Waals surface area (Å²) in [6.45, 7) is 5.45. The van der Waals surface area contributed by atoms with Crippen molar-refractivity contribution in [3.05, 3.63) is 71.5 Å². The van der Waals surface area contributed by atoms with Crippen molar-refractivity contribution < 1.29 is 23.2 Å². The first-order valence-corrected chi connectivity index (χ1v) is 11.1. The number of carbonyl (C=O) groups excluding carboxylic acids is 1. The molecular formula is C25H27FN4O4. The van der Waals surface area contributed by atoms with Crippen LogP contribution in [-0.2, 0) is 4.74 Å². The van der Waals surface area contributed by atoms with Crippen LogP contribution in [0, 0.1) is 5.82 Å². The Morgan fingerprint density at radius 3 is 2.71 bits per heavy atom. The second-order valence-electron chi connectivity index (χ2n) is 7.77. The van der Waals surface area contributed by atoms with Gasteiger partial charge in [0.15, 0.2) is 11.6 Å². The summed E-state index contributed by atoms with van der Waals surface area (Å²) >= 11 is 0. The summed E-state index contributed by atoms with van der Waals surface area (Å²) in [5, 5.41) is 7.13. The molecule has 1 N–H and O–H groups in total. The number of allylic oxidation sites excluding steroid dienone is 1. The quantitative estimate of drug-likeness (QED) is 0.455. The predicted molar refractivity (Wildman–Crippen MR) is 124 cm³/mol. The van der Waals surface area contributed by atoms with E-state index in [1.807, 2.05) is 44.2 Å². The monoisotopic (exact) mass is 466 g/mol. The highest BCUT2D eigenvalue weighted by Gasteiger charge is 2.35. The second kappa shape index (κ2) is 10.5. The van der Waals surface area contributed by atoms with Gasteiger partial charge in [-0.3, -0.25) is 4.90 Å². The van der Waals surface area contributed by atoms with Gasteiger partial charge in [-0.05, 0) is 44.0 Å². The van der Waals surface area contributed by atoms with Crippen LogP contribution in [-0.4, -0.2) is 47.9 Å². The molecule has 1 unspecified atom stereocenters. The maximum atomic E-state index is 14.2. The minimum atomic E-state index is -0.519. The molecule has 1 aliphatic heterocycles. The Morgan fingerprint density at radius 2 is 2.00 bits per heavy atom. The maximum absolute atomic E-state index is 14.2. The lowest BCUT2D eigenvalue weighted by Gasteiger charge is -2.35. The van der Waals surface area contributed by atoms with Crippen molar-refractivity contribution >= 4 is 11.6 Å². The molecule has 1 atom stereocenters. The van der Waals surface area contributed by atoms with Gasteiger partial charge in [-0.1, -0.05) is 35.5 Å². The molecule has 2 heterocycles. The first kappa shape index (κ1) is 23.4. The minimum absolute atomic E-state index is 0.132. The average molecular weight is 467 g/mol. The van der Waals surface area contributed by atoms with Gasteiger partial charge in [0.25, 0.3) is 5.89 Å². The molecule has 3 aromatic rings. The molecule has 0 saturated heterocycles. The lowest BCUT2D eigenvalue weighted by atomic mass is 9.94. The minimum Gasteiger partial charge on any atom is -0.494 e. The zero-order valence-electron chi connectivity index (χ0n) is 19.4. The smallest absolute Gasteiger partial charge is 0.322 e. The number of nitrogens with zero attached hydrogens (tertiary/aromatic N) is 3. The lowest BCUT2D eigenvalue weighted by Crippen LogP contribution is -2.46. The molecule has 2 aromatic carbocycles. The number of hydrogen-bond donors (Lipinski definition) is 1. The third-order valence-electron chi connectivity index (χ3n) is 5.67. The van der Waals surface area contributed by atoms with Crippen molar-refractivity contribution in [2.45, 2.75) is 26.3 Å². The molecule has 8 nitrogen and oxygen atoms in total. The summed E-state index contributed by atoms with van der Waals surface area (Å²) < 4.78 is 30.3. The van der Waals surface area contributed by atoms with Crippen LogP contribution in [0.15, 0.2) is 58.8 Å². The van der Waals surface area contributed by atoms with E-state index in [2.05, 4.69) is 15.5 Å². The van der Waals surface area contributed by atoms with E-state index in [9.17, 15) is 9.18 Å². The Kier molecular flexibility index (Phi) is 7.22. The SMILES string of the molecule is CCOCCCN1C(=O)NC(c2ccccc2)C(c2nc(-c3ccc(OC)c(F)c3)no2)=C1C. The van der Waals surface area contributed by atoms with Gasteiger partial charge in [-0.15, -0.1) is 0 Å². The number of hydrogen-bond acceptors (Lipinski definition) is 6. The van der Waals surface area contributed by atoms with E-state index in [1.165, 1.54) is 19.2 Å². The summed E-state index contributed by atoms with van der Waals surface area (Å²) in [7, 11) is 1.40. The molecule has 1 aliphatic rings. The molecule has 0 aliphatic carbocycles. The number of urea groups is 1. The van der Waals surface area contributed by atoms with Crippen LogP contribution in [0.3, 0.4) is 0 Å². The molecule has 0 radical (unpaired) electrons. The van der Waals surface area contributed by atoms with Gasteiger partial charge in [0.05, 0.1) is 18.7 Å². The van der Waals surface area contributed by atoms with Crippen molar-refractivity contribution in [1.82, 2.24) is 20.4 Å². The lowest BCUT2D eigenvalue weighted by molar-refractivity contribution is 0.136. The Balaban J connectivity index is 1.72. The number of halogens is 1. The molecule has 0 saturated carbocycles. The highest BCUT2D eigenvalue weighted by Crippen LogP contribution is 2.37. The zero-order chi connectivity index (χ0) is 24.1. The van der Waals surface area contributed by atoms with E-state index in [0.717, 1.165) is 5.56 Å². The maximum Gasteiger partial charge on any atom is 0.322 e. The van der Waals surface area contributed by atoms with Gasteiger partial charge >= 0.3 is 6.03 Å².